The zero-order valence-electron chi connectivity index (χ0n) is 5.85. The largest absolute Gasteiger partial charge is 0.507 e. The highest BCUT2D eigenvalue weighted by molar-refractivity contribution is 5.94. The molecule has 0 heterocycles. The van der Waals surface area contributed by atoms with Crippen LogP contribution in [0.15, 0.2) is 12.1 Å². The van der Waals surface area contributed by atoms with Crippen LogP contribution in [-0.2, 0) is 0 Å². The average Bonchev–Trinajstić information content (AvgIpc) is 1.97. The Kier molecular flexibility index (Phi) is 1.78. The fraction of sp³-hybridized carbons (Fsp3) is 0. The van der Waals surface area contributed by atoms with Crippen LogP contribution in [0.5, 0.6) is 17.2 Å². The smallest absolute Gasteiger partial charge is 0.343 e. The lowest BCUT2D eigenvalue weighted by atomic mass is 10.1. The minimum absolute atomic E-state index is 0.579. The van der Waals surface area contributed by atoms with E-state index in [1.807, 2.05) is 0 Å². The van der Waals surface area contributed by atoms with E-state index in [1.54, 1.807) is 0 Å². The normalized spacial score (nSPS) is 9.67. The van der Waals surface area contributed by atoms with Crippen molar-refractivity contribution in [3.63, 3.8) is 0 Å². The van der Waals surface area contributed by atoms with Crippen molar-refractivity contribution in [1.29, 1.82) is 0 Å². The molecule has 0 aromatic heterocycles. The van der Waals surface area contributed by atoms with Crippen LogP contribution in [0.4, 0.5) is 0 Å². The van der Waals surface area contributed by atoms with E-state index in [2.05, 4.69) is 0 Å². The Morgan fingerprint density at radius 1 is 1.08 bits per heavy atom. The molecule has 5 heteroatoms. The molecule has 0 spiro atoms. The van der Waals surface area contributed by atoms with Crippen LogP contribution in [0.25, 0.3) is 0 Å². The maximum absolute atomic E-state index is 10.4. The second-order valence-corrected chi connectivity index (χ2v) is 2.13. The van der Waals surface area contributed by atoms with Gasteiger partial charge in [-0.3, -0.25) is 0 Å². The Labute approximate surface area is 67.1 Å². The first-order chi connectivity index (χ1) is 5.54. The van der Waals surface area contributed by atoms with E-state index in [4.69, 9.17) is 20.4 Å². The molecular weight excluding hydrogens is 164 g/mol. The number of carboxylic acids is 1. The minimum atomic E-state index is -1.50. The summed E-state index contributed by atoms with van der Waals surface area (Å²) in [6.07, 6.45) is 0. The number of aromatic carboxylic acids is 1. The molecule has 0 radical (unpaired) electrons. The van der Waals surface area contributed by atoms with E-state index >= 15 is 0 Å². The molecule has 0 fully saturated rings. The first kappa shape index (κ1) is 8.19. The summed E-state index contributed by atoms with van der Waals surface area (Å²) in [6, 6.07) is 1.98. The molecular formula is C7H6O5. The Balaban J connectivity index is 3.43. The summed E-state index contributed by atoms with van der Waals surface area (Å²) < 4.78 is 0. The predicted molar refractivity (Wildman–Crippen MR) is 38.4 cm³/mol. The molecule has 1 aromatic carbocycles. The number of phenols is 3. The van der Waals surface area contributed by atoms with E-state index in [9.17, 15) is 4.79 Å². The molecule has 4 N–H and O–H groups in total. The number of hydrogen-bond acceptors (Lipinski definition) is 4. The van der Waals surface area contributed by atoms with E-state index in [0.29, 0.717) is 0 Å². The SMILES string of the molecule is O=C(O)c1c(O)ccc(O)c1O. The van der Waals surface area contributed by atoms with Gasteiger partial charge in [-0.25, -0.2) is 4.79 Å². The maximum Gasteiger partial charge on any atom is 0.343 e. The molecule has 0 aliphatic carbocycles. The fourth-order valence-corrected chi connectivity index (χ4v) is 0.780. The molecule has 1 rings (SSSR count). The zero-order chi connectivity index (χ0) is 9.30. The average molecular weight is 170 g/mol. The molecule has 12 heavy (non-hydrogen) atoms. The molecule has 0 atom stereocenters. The van der Waals surface area contributed by atoms with E-state index in [-0.39, 0.29) is 0 Å². The molecule has 0 aliphatic rings. The van der Waals surface area contributed by atoms with Crippen molar-refractivity contribution >= 4 is 5.97 Å². The summed E-state index contributed by atoms with van der Waals surface area (Å²) in [5.41, 5.74) is -0.699. The number of hydrogen-bond donors (Lipinski definition) is 4. The minimum Gasteiger partial charge on any atom is -0.507 e. The van der Waals surface area contributed by atoms with Gasteiger partial charge in [0.25, 0.3) is 0 Å². The van der Waals surface area contributed by atoms with Crippen LogP contribution in [0.2, 0.25) is 0 Å². The van der Waals surface area contributed by atoms with Crippen LogP contribution < -0.4 is 0 Å². The van der Waals surface area contributed by atoms with Crippen LogP contribution in [0.1, 0.15) is 10.4 Å². The number of carbonyl (C=O) groups is 1. The highest BCUT2D eigenvalue weighted by Gasteiger charge is 2.17. The van der Waals surface area contributed by atoms with Gasteiger partial charge in [-0.1, -0.05) is 0 Å². The molecule has 0 unspecified atom stereocenters. The van der Waals surface area contributed by atoms with Gasteiger partial charge in [-0.05, 0) is 12.1 Å². The van der Waals surface area contributed by atoms with Crippen molar-refractivity contribution in [2.75, 3.05) is 0 Å². The van der Waals surface area contributed by atoms with Gasteiger partial charge < -0.3 is 20.4 Å². The Bertz CT molecular complexity index is 331. The fourth-order valence-electron chi connectivity index (χ4n) is 0.780. The third-order valence-electron chi connectivity index (χ3n) is 1.35. The Morgan fingerprint density at radius 3 is 2.00 bits per heavy atom. The quantitative estimate of drug-likeness (QED) is 0.363. The highest BCUT2D eigenvalue weighted by atomic mass is 16.4. The number of rotatable bonds is 1. The first-order valence-corrected chi connectivity index (χ1v) is 3.01. The van der Waals surface area contributed by atoms with Crippen molar-refractivity contribution < 1.29 is 25.2 Å². The third kappa shape index (κ3) is 1.12. The number of carboxylic acid groups (broad SMARTS) is 1. The highest BCUT2D eigenvalue weighted by Crippen LogP contribution is 2.34. The van der Waals surface area contributed by atoms with E-state index in [0.717, 1.165) is 12.1 Å². The number of aromatic hydroxyl groups is 3. The Hall–Kier alpha value is -1.91. The standard InChI is InChI=1S/C7H6O5/c8-3-1-2-4(9)6(10)5(3)7(11)12/h1-2,8-10H,(H,11,12). The summed E-state index contributed by atoms with van der Waals surface area (Å²) in [5.74, 6) is -3.49. The lowest BCUT2D eigenvalue weighted by molar-refractivity contribution is 0.0689. The van der Waals surface area contributed by atoms with Gasteiger partial charge in [0.15, 0.2) is 11.5 Å². The molecule has 0 saturated carbocycles. The first-order valence-electron chi connectivity index (χ1n) is 3.01. The van der Waals surface area contributed by atoms with Crippen molar-refractivity contribution in [3.05, 3.63) is 17.7 Å². The van der Waals surface area contributed by atoms with Gasteiger partial charge >= 0.3 is 5.97 Å². The molecule has 0 saturated heterocycles. The van der Waals surface area contributed by atoms with Crippen molar-refractivity contribution in [1.82, 2.24) is 0 Å². The van der Waals surface area contributed by atoms with E-state index in [1.165, 1.54) is 0 Å². The number of phenolic OH excluding ortho intramolecular Hbond substituents is 1. The summed E-state index contributed by atoms with van der Waals surface area (Å²) in [6.45, 7) is 0. The molecule has 64 valence electrons. The second kappa shape index (κ2) is 2.61. The molecule has 0 aliphatic heterocycles. The third-order valence-corrected chi connectivity index (χ3v) is 1.35. The van der Waals surface area contributed by atoms with Crippen LogP contribution >= 0.6 is 0 Å². The van der Waals surface area contributed by atoms with Gasteiger partial charge in [0.05, 0.1) is 0 Å². The van der Waals surface area contributed by atoms with Crippen molar-refractivity contribution in [2.45, 2.75) is 0 Å². The van der Waals surface area contributed by atoms with Gasteiger partial charge in [0.1, 0.15) is 11.3 Å². The van der Waals surface area contributed by atoms with Crippen LogP contribution in [0, 0.1) is 0 Å². The van der Waals surface area contributed by atoms with Gasteiger partial charge in [-0.2, -0.15) is 0 Å². The van der Waals surface area contributed by atoms with Gasteiger partial charge in [0.2, 0.25) is 0 Å². The monoisotopic (exact) mass is 170 g/mol. The summed E-state index contributed by atoms with van der Waals surface area (Å²) >= 11 is 0. The summed E-state index contributed by atoms with van der Waals surface area (Å²) in [5, 5.41) is 35.2. The van der Waals surface area contributed by atoms with E-state index < -0.39 is 28.8 Å². The second-order valence-electron chi connectivity index (χ2n) is 2.13. The molecule has 0 bridgehead atoms. The van der Waals surface area contributed by atoms with Crippen LogP contribution in [0.3, 0.4) is 0 Å². The topological polar surface area (TPSA) is 98.0 Å². The molecule has 1 aromatic rings. The summed E-state index contributed by atoms with van der Waals surface area (Å²) in [4.78, 5) is 10.4. The number of benzene rings is 1. The molecule has 0 amide bonds. The van der Waals surface area contributed by atoms with Gasteiger partial charge in [-0.15, -0.1) is 0 Å². The lowest BCUT2D eigenvalue weighted by Crippen LogP contribution is -1.97. The van der Waals surface area contributed by atoms with Gasteiger partial charge in [0, 0.05) is 0 Å². The molecule has 5 nitrogen and oxygen atoms in total. The predicted octanol–water partition coefficient (Wildman–Crippen LogP) is 0.502. The summed E-state index contributed by atoms with van der Waals surface area (Å²) in [7, 11) is 0. The maximum atomic E-state index is 10.4. The van der Waals surface area contributed by atoms with Crippen molar-refractivity contribution in [2.24, 2.45) is 0 Å². The lowest BCUT2D eigenvalue weighted by Gasteiger charge is -2.03. The van der Waals surface area contributed by atoms with Crippen LogP contribution in [-0.4, -0.2) is 26.4 Å². The Morgan fingerprint density at radius 2 is 1.58 bits per heavy atom. The zero-order valence-corrected chi connectivity index (χ0v) is 5.85. The van der Waals surface area contributed by atoms with Crippen molar-refractivity contribution in [3.8, 4) is 17.2 Å².